The van der Waals surface area contributed by atoms with Gasteiger partial charge in [-0.25, -0.2) is 4.98 Å². The lowest BCUT2D eigenvalue weighted by molar-refractivity contribution is 0.102. The van der Waals surface area contributed by atoms with Crippen LogP contribution in [0, 0.1) is 0 Å². The Balaban J connectivity index is 1.78. The Labute approximate surface area is 144 Å². The minimum atomic E-state index is -0.213. The molecule has 0 saturated carbocycles. The van der Waals surface area contributed by atoms with Crippen LogP contribution in [0.2, 0.25) is 0 Å². The molecule has 1 amide bonds. The molecule has 0 aliphatic rings. The fourth-order valence-electron chi connectivity index (χ4n) is 2.20. The lowest BCUT2D eigenvalue weighted by atomic mass is 10.2. The SMILES string of the molecule is CCCOc1ccc2nc(NC(=O)c3cccc(OC)c3)sc2c1. The minimum absolute atomic E-state index is 0.213. The number of amides is 1. The number of hydrogen-bond acceptors (Lipinski definition) is 5. The summed E-state index contributed by atoms with van der Waals surface area (Å²) in [5.74, 6) is 1.25. The normalized spacial score (nSPS) is 10.6. The first-order valence-corrected chi connectivity index (χ1v) is 8.50. The van der Waals surface area contributed by atoms with Gasteiger partial charge in [0.1, 0.15) is 11.5 Å². The molecule has 24 heavy (non-hydrogen) atoms. The van der Waals surface area contributed by atoms with Crippen LogP contribution in [0.1, 0.15) is 23.7 Å². The third-order valence-electron chi connectivity index (χ3n) is 3.39. The molecule has 0 aliphatic carbocycles. The van der Waals surface area contributed by atoms with Crippen molar-refractivity contribution in [3.05, 3.63) is 48.0 Å². The smallest absolute Gasteiger partial charge is 0.257 e. The maximum absolute atomic E-state index is 12.3. The van der Waals surface area contributed by atoms with Gasteiger partial charge in [-0.2, -0.15) is 0 Å². The predicted octanol–water partition coefficient (Wildman–Crippen LogP) is 4.35. The van der Waals surface area contributed by atoms with Gasteiger partial charge in [-0.3, -0.25) is 10.1 Å². The zero-order valence-electron chi connectivity index (χ0n) is 13.5. The number of rotatable bonds is 6. The number of thiazole rings is 1. The molecule has 0 saturated heterocycles. The molecule has 3 rings (SSSR count). The van der Waals surface area contributed by atoms with Gasteiger partial charge in [-0.05, 0) is 42.8 Å². The molecule has 1 N–H and O–H groups in total. The fourth-order valence-corrected chi connectivity index (χ4v) is 3.09. The van der Waals surface area contributed by atoms with E-state index in [1.807, 2.05) is 18.2 Å². The Morgan fingerprint density at radius 3 is 2.88 bits per heavy atom. The second-order valence-corrected chi connectivity index (χ2v) is 6.21. The van der Waals surface area contributed by atoms with E-state index >= 15 is 0 Å². The van der Waals surface area contributed by atoms with Gasteiger partial charge in [0.25, 0.3) is 5.91 Å². The minimum Gasteiger partial charge on any atom is -0.497 e. The fraction of sp³-hybridized carbons (Fsp3) is 0.222. The van der Waals surface area contributed by atoms with Gasteiger partial charge in [0.15, 0.2) is 5.13 Å². The number of aromatic nitrogens is 1. The Bertz CT molecular complexity index is 860. The van der Waals surface area contributed by atoms with E-state index in [-0.39, 0.29) is 5.91 Å². The summed E-state index contributed by atoms with van der Waals surface area (Å²) in [5, 5.41) is 3.39. The van der Waals surface area contributed by atoms with Gasteiger partial charge in [-0.1, -0.05) is 24.3 Å². The molecule has 5 nitrogen and oxygen atoms in total. The van der Waals surface area contributed by atoms with Crippen molar-refractivity contribution in [2.75, 3.05) is 19.0 Å². The first-order chi connectivity index (χ1) is 11.7. The number of methoxy groups -OCH3 is 1. The molecule has 2 aromatic carbocycles. The monoisotopic (exact) mass is 342 g/mol. The van der Waals surface area contributed by atoms with Crippen LogP contribution in [0.15, 0.2) is 42.5 Å². The largest absolute Gasteiger partial charge is 0.497 e. The van der Waals surface area contributed by atoms with Gasteiger partial charge in [-0.15, -0.1) is 0 Å². The summed E-state index contributed by atoms with van der Waals surface area (Å²) in [5.41, 5.74) is 1.37. The Kier molecular flexibility index (Phi) is 4.96. The van der Waals surface area contributed by atoms with Crippen LogP contribution >= 0.6 is 11.3 Å². The standard InChI is InChI=1S/C18H18N2O3S/c1-3-9-23-14-7-8-15-16(11-14)24-18(19-15)20-17(21)12-5-4-6-13(10-12)22-2/h4-8,10-11H,3,9H2,1-2H3,(H,19,20,21). The summed E-state index contributed by atoms with van der Waals surface area (Å²) < 4.78 is 11.7. The molecular weight excluding hydrogens is 324 g/mol. The molecule has 3 aromatic rings. The average molecular weight is 342 g/mol. The van der Waals surface area contributed by atoms with Crippen LogP contribution in [-0.2, 0) is 0 Å². The third-order valence-corrected chi connectivity index (χ3v) is 4.32. The zero-order chi connectivity index (χ0) is 16.9. The van der Waals surface area contributed by atoms with Gasteiger partial charge in [0, 0.05) is 5.56 Å². The van der Waals surface area contributed by atoms with Crippen molar-refractivity contribution in [3.63, 3.8) is 0 Å². The van der Waals surface area contributed by atoms with Crippen LogP contribution in [0.3, 0.4) is 0 Å². The lowest BCUT2D eigenvalue weighted by Crippen LogP contribution is -2.11. The molecule has 1 heterocycles. The predicted molar refractivity (Wildman–Crippen MR) is 96.4 cm³/mol. The van der Waals surface area contributed by atoms with Crippen molar-refractivity contribution in [2.24, 2.45) is 0 Å². The first kappa shape index (κ1) is 16.3. The molecule has 124 valence electrons. The number of ether oxygens (including phenoxy) is 2. The van der Waals surface area contributed by atoms with Gasteiger partial charge < -0.3 is 9.47 Å². The molecule has 0 bridgehead atoms. The molecule has 6 heteroatoms. The highest BCUT2D eigenvalue weighted by Crippen LogP contribution is 2.29. The van der Waals surface area contributed by atoms with Crippen molar-refractivity contribution in [3.8, 4) is 11.5 Å². The molecule has 0 unspecified atom stereocenters. The number of carbonyl (C=O) groups excluding carboxylic acids is 1. The molecule has 1 aromatic heterocycles. The van der Waals surface area contributed by atoms with Crippen LogP contribution in [0.25, 0.3) is 10.2 Å². The maximum Gasteiger partial charge on any atom is 0.257 e. The zero-order valence-corrected chi connectivity index (χ0v) is 14.4. The summed E-state index contributed by atoms with van der Waals surface area (Å²) in [6, 6.07) is 12.8. The molecular formula is C18H18N2O3S. The van der Waals surface area contributed by atoms with E-state index < -0.39 is 0 Å². The highest BCUT2D eigenvalue weighted by molar-refractivity contribution is 7.22. The number of hydrogen-bond donors (Lipinski definition) is 1. The van der Waals surface area contributed by atoms with Gasteiger partial charge in [0.05, 0.1) is 23.9 Å². The van der Waals surface area contributed by atoms with Crippen LogP contribution in [0.5, 0.6) is 11.5 Å². The second kappa shape index (κ2) is 7.31. The van der Waals surface area contributed by atoms with Crippen molar-refractivity contribution in [1.29, 1.82) is 0 Å². The molecule has 0 fully saturated rings. The summed E-state index contributed by atoms with van der Waals surface area (Å²) in [7, 11) is 1.57. The Hall–Kier alpha value is -2.60. The summed E-state index contributed by atoms with van der Waals surface area (Å²) >= 11 is 1.42. The molecule has 0 spiro atoms. The average Bonchev–Trinajstić information content (AvgIpc) is 3.01. The summed E-state index contributed by atoms with van der Waals surface area (Å²) in [6.45, 7) is 2.75. The van der Waals surface area contributed by atoms with Crippen LogP contribution in [0.4, 0.5) is 5.13 Å². The molecule has 0 atom stereocenters. The van der Waals surface area contributed by atoms with Crippen molar-refractivity contribution in [2.45, 2.75) is 13.3 Å². The molecule has 0 aliphatic heterocycles. The highest BCUT2D eigenvalue weighted by atomic mass is 32.1. The summed E-state index contributed by atoms with van der Waals surface area (Å²) in [4.78, 5) is 16.8. The van der Waals surface area contributed by atoms with E-state index in [0.717, 1.165) is 22.4 Å². The van der Waals surface area contributed by atoms with Crippen LogP contribution < -0.4 is 14.8 Å². The lowest BCUT2D eigenvalue weighted by Gasteiger charge is -2.03. The van der Waals surface area contributed by atoms with Crippen molar-refractivity contribution in [1.82, 2.24) is 4.98 Å². The topological polar surface area (TPSA) is 60.5 Å². The molecule has 0 radical (unpaired) electrons. The van der Waals surface area contributed by atoms with E-state index in [1.54, 1.807) is 31.4 Å². The van der Waals surface area contributed by atoms with E-state index in [1.165, 1.54) is 11.3 Å². The number of benzene rings is 2. The third kappa shape index (κ3) is 3.65. The maximum atomic E-state index is 12.3. The van der Waals surface area contributed by atoms with E-state index in [4.69, 9.17) is 9.47 Å². The van der Waals surface area contributed by atoms with Crippen LogP contribution in [-0.4, -0.2) is 24.6 Å². The number of anilines is 1. The highest BCUT2D eigenvalue weighted by Gasteiger charge is 2.11. The number of carbonyl (C=O) groups is 1. The first-order valence-electron chi connectivity index (χ1n) is 7.68. The number of fused-ring (bicyclic) bond motifs is 1. The van der Waals surface area contributed by atoms with E-state index in [9.17, 15) is 4.79 Å². The number of nitrogens with one attached hydrogen (secondary N) is 1. The second-order valence-electron chi connectivity index (χ2n) is 5.18. The van der Waals surface area contributed by atoms with Gasteiger partial charge >= 0.3 is 0 Å². The van der Waals surface area contributed by atoms with Crippen molar-refractivity contribution >= 4 is 32.6 Å². The van der Waals surface area contributed by atoms with Gasteiger partial charge in [0.2, 0.25) is 0 Å². The van der Waals surface area contributed by atoms with E-state index in [2.05, 4.69) is 17.2 Å². The quantitative estimate of drug-likeness (QED) is 0.723. The van der Waals surface area contributed by atoms with E-state index in [0.29, 0.717) is 23.1 Å². The number of nitrogens with zero attached hydrogens (tertiary/aromatic N) is 1. The Morgan fingerprint density at radius 1 is 1.21 bits per heavy atom. The Morgan fingerprint density at radius 2 is 2.08 bits per heavy atom. The van der Waals surface area contributed by atoms with Crippen molar-refractivity contribution < 1.29 is 14.3 Å². The summed E-state index contributed by atoms with van der Waals surface area (Å²) in [6.07, 6.45) is 0.961.